The Balaban J connectivity index is 1.14. The summed E-state index contributed by atoms with van der Waals surface area (Å²) in [7, 11) is 0. The first kappa shape index (κ1) is 22.6. The molecule has 188 valence electrons. The monoisotopic (exact) mass is 494 g/mol. The molecule has 3 aromatic rings. The third-order valence-electron chi connectivity index (χ3n) is 8.26. The molecule has 1 aromatic heterocycles. The number of hydrogen-bond acceptors (Lipinski definition) is 5. The minimum Gasteiger partial charge on any atom is -0.381 e. The van der Waals surface area contributed by atoms with Gasteiger partial charge < -0.3 is 9.64 Å². The van der Waals surface area contributed by atoms with Gasteiger partial charge in [-0.25, -0.2) is 0 Å². The van der Waals surface area contributed by atoms with Crippen molar-refractivity contribution in [2.75, 3.05) is 32.8 Å². The Morgan fingerprint density at radius 3 is 2.46 bits per heavy atom. The maximum Gasteiger partial charge on any atom is 0.256 e. The molecule has 7 heteroatoms. The number of amidine groups is 1. The van der Waals surface area contributed by atoms with E-state index in [1.165, 1.54) is 0 Å². The van der Waals surface area contributed by atoms with Crippen LogP contribution in [0.2, 0.25) is 0 Å². The minimum atomic E-state index is -0.719. The molecule has 37 heavy (non-hydrogen) atoms. The molecule has 0 bridgehead atoms. The van der Waals surface area contributed by atoms with Crippen LogP contribution >= 0.6 is 0 Å². The van der Waals surface area contributed by atoms with E-state index in [9.17, 15) is 9.59 Å². The highest BCUT2D eigenvalue weighted by Gasteiger charge is 2.50. The number of nitrogens with zero attached hydrogens (tertiary/aromatic N) is 4. The van der Waals surface area contributed by atoms with Crippen molar-refractivity contribution in [1.29, 1.82) is 0 Å². The number of aromatic nitrogens is 1. The molecule has 3 fully saturated rings. The van der Waals surface area contributed by atoms with Gasteiger partial charge in [0, 0.05) is 74.7 Å². The summed E-state index contributed by atoms with van der Waals surface area (Å²) >= 11 is 0. The fourth-order valence-corrected chi connectivity index (χ4v) is 5.85. The molecule has 0 radical (unpaired) electrons. The van der Waals surface area contributed by atoms with Crippen LogP contribution in [0.4, 0.5) is 0 Å². The molecule has 2 aromatic carbocycles. The van der Waals surface area contributed by atoms with Gasteiger partial charge in [0.25, 0.3) is 5.91 Å². The normalized spacial score (nSPS) is 21.4. The number of amides is 2. The van der Waals surface area contributed by atoms with Gasteiger partial charge >= 0.3 is 0 Å². The average molecular weight is 495 g/mol. The molecular formula is C30H30N4O3. The van der Waals surface area contributed by atoms with Gasteiger partial charge in [0.15, 0.2) is 0 Å². The molecule has 4 heterocycles. The number of benzene rings is 2. The molecule has 7 rings (SSSR count). The lowest BCUT2D eigenvalue weighted by Gasteiger charge is -2.41. The van der Waals surface area contributed by atoms with Crippen LogP contribution < -0.4 is 0 Å². The zero-order valence-electron chi connectivity index (χ0n) is 20.8. The fourth-order valence-electron chi connectivity index (χ4n) is 5.85. The highest BCUT2D eigenvalue weighted by Crippen LogP contribution is 2.37. The molecule has 7 nitrogen and oxygen atoms in total. The van der Waals surface area contributed by atoms with Crippen LogP contribution in [0.1, 0.15) is 31.2 Å². The van der Waals surface area contributed by atoms with Gasteiger partial charge in [-0.1, -0.05) is 42.5 Å². The second-order valence-electron chi connectivity index (χ2n) is 10.9. The standard InChI is InChI=1S/C30H30N4O3/c35-28(24-8-9-24)33-17-20(18-33)19-34-27(32-30(29(34)36)11-14-37-15-12-30)23-6-3-21(4-7-23)25-10-5-22-2-1-13-31-26(22)16-25/h1-7,10,13,16,20,24H,8-9,11-12,14-15,17-19H2. The van der Waals surface area contributed by atoms with E-state index < -0.39 is 5.54 Å². The van der Waals surface area contributed by atoms with E-state index in [1.54, 1.807) is 0 Å². The molecule has 0 unspecified atom stereocenters. The SMILES string of the molecule is O=C(C1CC1)N1CC(CN2C(=O)C3(CCOCC3)N=C2c2ccc(-c3ccc4cccnc4c3)cc2)C1. The Hall–Kier alpha value is -3.58. The molecule has 2 amide bonds. The zero-order chi connectivity index (χ0) is 25.0. The minimum absolute atomic E-state index is 0.0856. The number of hydrogen-bond donors (Lipinski definition) is 0. The van der Waals surface area contributed by atoms with Gasteiger partial charge in [-0.05, 0) is 36.1 Å². The molecule has 3 aliphatic heterocycles. The molecule has 1 spiro atoms. The molecule has 4 aliphatic rings. The summed E-state index contributed by atoms with van der Waals surface area (Å²) in [5.74, 6) is 1.66. The maximum absolute atomic E-state index is 13.8. The number of fused-ring (bicyclic) bond motifs is 1. The van der Waals surface area contributed by atoms with Crippen molar-refractivity contribution >= 4 is 28.6 Å². The van der Waals surface area contributed by atoms with Crippen LogP contribution in [0.25, 0.3) is 22.0 Å². The van der Waals surface area contributed by atoms with Gasteiger partial charge in [0.05, 0.1) is 5.52 Å². The number of rotatable bonds is 5. The molecular weight excluding hydrogens is 464 g/mol. The third kappa shape index (κ3) is 4.02. The largest absolute Gasteiger partial charge is 0.381 e. The third-order valence-corrected chi connectivity index (χ3v) is 8.26. The number of likely N-dealkylation sites (tertiary alicyclic amines) is 1. The number of pyridine rings is 1. The van der Waals surface area contributed by atoms with Gasteiger partial charge in [0.1, 0.15) is 11.4 Å². The van der Waals surface area contributed by atoms with E-state index in [0.29, 0.717) is 38.5 Å². The van der Waals surface area contributed by atoms with Crippen molar-refractivity contribution in [3.63, 3.8) is 0 Å². The lowest BCUT2D eigenvalue weighted by Crippen LogP contribution is -2.56. The van der Waals surface area contributed by atoms with Crippen LogP contribution in [-0.4, -0.2) is 70.8 Å². The number of carbonyl (C=O) groups is 2. The van der Waals surface area contributed by atoms with Crippen molar-refractivity contribution in [2.45, 2.75) is 31.2 Å². The van der Waals surface area contributed by atoms with Crippen molar-refractivity contribution < 1.29 is 14.3 Å². The van der Waals surface area contributed by atoms with Crippen molar-refractivity contribution in [2.24, 2.45) is 16.8 Å². The van der Waals surface area contributed by atoms with Gasteiger partial charge in [-0.15, -0.1) is 0 Å². The summed E-state index contributed by atoms with van der Waals surface area (Å²) in [6.45, 7) is 3.18. The molecule has 0 atom stereocenters. The van der Waals surface area contributed by atoms with Crippen LogP contribution in [0.3, 0.4) is 0 Å². The van der Waals surface area contributed by atoms with E-state index in [1.807, 2.05) is 22.1 Å². The Kier molecular flexibility index (Phi) is 5.36. The van der Waals surface area contributed by atoms with Crippen molar-refractivity contribution in [3.05, 3.63) is 66.4 Å². The summed E-state index contributed by atoms with van der Waals surface area (Å²) in [5, 5.41) is 1.12. The quantitative estimate of drug-likeness (QED) is 0.539. The number of aliphatic imine (C=N–C) groups is 1. The Morgan fingerprint density at radius 1 is 0.973 bits per heavy atom. The van der Waals surface area contributed by atoms with E-state index in [2.05, 4.69) is 53.5 Å². The van der Waals surface area contributed by atoms with E-state index in [4.69, 9.17) is 9.73 Å². The average Bonchev–Trinajstić information content (AvgIpc) is 3.74. The molecule has 0 N–H and O–H groups in total. The highest BCUT2D eigenvalue weighted by molar-refractivity contribution is 6.15. The number of carbonyl (C=O) groups excluding carboxylic acids is 2. The second-order valence-corrected chi connectivity index (χ2v) is 10.9. The topological polar surface area (TPSA) is 75.1 Å². The van der Waals surface area contributed by atoms with Crippen LogP contribution in [0.15, 0.2) is 65.8 Å². The molecule has 2 saturated heterocycles. The van der Waals surface area contributed by atoms with Gasteiger partial charge in [-0.3, -0.25) is 24.5 Å². The predicted molar refractivity (Wildman–Crippen MR) is 141 cm³/mol. The smallest absolute Gasteiger partial charge is 0.256 e. The Bertz CT molecular complexity index is 1400. The first-order valence-electron chi connectivity index (χ1n) is 13.3. The fraction of sp³-hybridized carbons (Fsp3) is 0.400. The lowest BCUT2D eigenvalue weighted by molar-refractivity contribution is -0.140. The summed E-state index contributed by atoms with van der Waals surface area (Å²) < 4.78 is 5.57. The van der Waals surface area contributed by atoms with Crippen LogP contribution in [0.5, 0.6) is 0 Å². The number of ether oxygens (including phenoxy) is 1. The van der Waals surface area contributed by atoms with Gasteiger partial charge in [-0.2, -0.15) is 0 Å². The summed E-state index contributed by atoms with van der Waals surface area (Å²) in [6.07, 6.45) is 5.10. The summed E-state index contributed by atoms with van der Waals surface area (Å²) in [5.41, 5.74) is 3.40. The first-order valence-corrected chi connectivity index (χ1v) is 13.3. The zero-order valence-corrected chi connectivity index (χ0v) is 20.8. The summed E-state index contributed by atoms with van der Waals surface area (Å²) in [4.78, 5) is 39.6. The van der Waals surface area contributed by atoms with E-state index in [-0.39, 0.29) is 17.7 Å². The highest BCUT2D eigenvalue weighted by atomic mass is 16.5. The first-order chi connectivity index (χ1) is 18.1. The Labute approximate surface area is 216 Å². The van der Waals surface area contributed by atoms with Crippen LogP contribution in [-0.2, 0) is 14.3 Å². The maximum atomic E-state index is 13.8. The lowest BCUT2D eigenvalue weighted by atomic mass is 9.90. The van der Waals surface area contributed by atoms with Crippen LogP contribution in [0, 0.1) is 11.8 Å². The van der Waals surface area contributed by atoms with Crippen molar-refractivity contribution in [3.8, 4) is 11.1 Å². The van der Waals surface area contributed by atoms with Gasteiger partial charge in [0.2, 0.25) is 5.91 Å². The summed E-state index contributed by atoms with van der Waals surface area (Å²) in [6, 6.07) is 18.7. The predicted octanol–water partition coefficient (Wildman–Crippen LogP) is 3.91. The molecule has 1 aliphatic carbocycles. The van der Waals surface area contributed by atoms with E-state index in [0.717, 1.165) is 59.4 Å². The second kappa shape index (κ2) is 8.77. The van der Waals surface area contributed by atoms with E-state index >= 15 is 0 Å². The molecule has 1 saturated carbocycles. The Morgan fingerprint density at radius 2 is 1.70 bits per heavy atom. The van der Waals surface area contributed by atoms with Crippen molar-refractivity contribution in [1.82, 2.24) is 14.8 Å².